The molecule has 0 aliphatic rings. The maximum Gasteiger partial charge on any atom is 0.254 e. The molecule has 0 saturated carbocycles. The topological polar surface area (TPSA) is 66.2 Å². The van der Waals surface area contributed by atoms with Gasteiger partial charge in [0, 0.05) is 24.2 Å². The van der Waals surface area contributed by atoms with Crippen LogP contribution in [0.4, 0.5) is 0 Å². The molecule has 0 aliphatic heterocycles. The Morgan fingerprint density at radius 2 is 1.69 bits per heavy atom. The molecule has 0 bridgehead atoms. The second kappa shape index (κ2) is 10.7. The molecule has 1 aromatic carbocycles. The fourth-order valence-corrected chi connectivity index (χ4v) is 2.67. The van der Waals surface area contributed by atoms with Crippen molar-refractivity contribution in [3.05, 3.63) is 82.3 Å². The minimum atomic E-state index is -0.110. The quantitative estimate of drug-likeness (QED) is 0.576. The van der Waals surface area contributed by atoms with E-state index >= 15 is 0 Å². The molecule has 0 N–H and O–H groups in total. The van der Waals surface area contributed by atoms with Gasteiger partial charge in [0.2, 0.25) is 0 Å². The fourth-order valence-electron chi connectivity index (χ4n) is 2.67. The molecule has 0 saturated heterocycles. The van der Waals surface area contributed by atoms with Crippen molar-refractivity contribution in [1.82, 2.24) is 14.5 Å². The number of benzene rings is 1. The fraction of sp³-hybridized carbons (Fsp3) is 0.261. The van der Waals surface area contributed by atoms with Crippen LogP contribution in [0.15, 0.2) is 59.7 Å². The van der Waals surface area contributed by atoms with E-state index in [9.17, 15) is 4.79 Å². The summed E-state index contributed by atoms with van der Waals surface area (Å²) < 4.78 is 13.0. The van der Waals surface area contributed by atoms with E-state index in [-0.39, 0.29) is 18.3 Å². The molecule has 0 radical (unpaired) electrons. The molecule has 2 heterocycles. The van der Waals surface area contributed by atoms with Gasteiger partial charge in [-0.05, 0) is 50.6 Å². The van der Waals surface area contributed by atoms with E-state index in [0.717, 1.165) is 17.0 Å². The number of terminal acetylenes is 1. The monoisotopic (exact) mass is 391 g/mol. The van der Waals surface area contributed by atoms with Crippen LogP contribution in [0.1, 0.15) is 30.9 Å². The molecular weight excluding hydrogens is 366 g/mol. The third-order valence-corrected chi connectivity index (χ3v) is 3.93. The molecule has 0 unspecified atom stereocenters. The summed E-state index contributed by atoms with van der Waals surface area (Å²) in [7, 11) is 0. The number of pyridine rings is 1. The van der Waals surface area contributed by atoms with Crippen LogP contribution in [0.3, 0.4) is 0 Å². The molecule has 0 atom stereocenters. The zero-order valence-corrected chi connectivity index (χ0v) is 16.9. The van der Waals surface area contributed by atoms with E-state index in [2.05, 4.69) is 22.8 Å². The van der Waals surface area contributed by atoms with Gasteiger partial charge < -0.3 is 14.0 Å². The highest BCUT2D eigenvalue weighted by Gasteiger charge is 2.07. The second-order valence-electron chi connectivity index (χ2n) is 6.52. The standard InChI is InChI=1S/C21H23N3O3.C2H2/c1-15(2)27-18-7-5-17(6-8-18)13-24-16(3)11-19(12-21(24)25)26-14-20-22-9-4-10-23-20;1-2/h4-12,15H,13-14H2,1-3H3;1-2H. The lowest BCUT2D eigenvalue weighted by atomic mass is 10.2. The zero-order valence-electron chi connectivity index (χ0n) is 16.9. The van der Waals surface area contributed by atoms with Crippen LogP contribution in [-0.2, 0) is 13.2 Å². The third-order valence-electron chi connectivity index (χ3n) is 3.93. The average molecular weight is 391 g/mol. The molecule has 2 aromatic heterocycles. The Bertz CT molecular complexity index is 978. The summed E-state index contributed by atoms with van der Waals surface area (Å²) in [5, 5.41) is 0. The van der Waals surface area contributed by atoms with Crippen LogP contribution in [0.5, 0.6) is 11.5 Å². The average Bonchev–Trinajstić information content (AvgIpc) is 2.72. The molecule has 150 valence electrons. The summed E-state index contributed by atoms with van der Waals surface area (Å²) in [6, 6.07) is 12.9. The largest absolute Gasteiger partial charge is 0.491 e. The predicted octanol–water partition coefficient (Wildman–Crippen LogP) is 3.61. The number of hydrogen-bond acceptors (Lipinski definition) is 5. The van der Waals surface area contributed by atoms with Crippen molar-refractivity contribution >= 4 is 0 Å². The van der Waals surface area contributed by atoms with Gasteiger partial charge in [-0.1, -0.05) is 12.1 Å². The van der Waals surface area contributed by atoms with E-state index in [0.29, 0.717) is 18.1 Å². The van der Waals surface area contributed by atoms with Crippen LogP contribution in [-0.4, -0.2) is 20.6 Å². The van der Waals surface area contributed by atoms with Gasteiger partial charge in [0.1, 0.15) is 18.1 Å². The van der Waals surface area contributed by atoms with Crippen molar-refractivity contribution in [3.8, 4) is 24.3 Å². The highest BCUT2D eigenvalue weighted by molar-refractivity contribution is 5.29. The van der Waals surface area contributed by atoms with Crippen LogP contribution in [0, 0.1) is 19.8 Å². The summed E-state index contributed by atoms with van der Waals surface area (Å²) in [4.78, 5) is 20.7. The van der Waals surface area contributed by atoms with E-state index < -0.39 is 0 Å². The Labute approximate surface area is 171 Å². The Morgan fingerprint density at radius 1 is 1.03 bits per heavy atom. The van der Waals surface area contributed by atoms with Gasteiger partial charge in [-0.15, -0.1) is 12.8 Å². The van der Waals surface area contributed by atoms with Gasteiger partial charge >= 0.3 is 0 Å². The predicted molar refractivity (Wildman–Crippen MR) is 113 cm³/mol. The lowest BCUT2D eigenvalue weighted by molar-refractivity contribution is 0.242. The number of aryl methyl sites for hydroxylation is 1. The first kappa shape index (κ1) is 21.7. The van der Waals surface area contributed by atoms with Crippen molar-refractivity contribution in [2.24, 2.45) is 0 Å². The number of rotatable bonds is 7. The molecule has 6 heteroatoms. The van der Waals surface area contributed by atoms with Crippen molar-refractivity contribution in [3.63, 3.8) is 0 Å². The lowest BCUT2D eigenvalue weighted by Crippen LogP contribution is -2.22. The van der Waals surface area contributed by atoms with E-state index in [4.69, 9.17) is 9.47 Å². The lowest BCUT2D eigenvalue weighted by Gasteiger charge is -2.13. The van der Waals surface area contributed by atoms with Gasteiger partial charge in [0.05, 0.1) is 12.6 Å². The van der Waals surface area contributed by atoms with Gasteiger partial charge in [-0.25, -0.2) is 9.97 Å². The van der Waals surface area contributed by atoms with Crippen LogP contribution < -0.4 is 15.0 Å². The minimum Gasteiger partial charge on any atom is -0.491 e. The van der Waals surface area contributed by atoms with Gasteiger partial charge in [-0.3, -0.25) is 4.79 Å². The van der Waals surface area contributed by atoms with Gasteiger partial charge in [-0.2, -0.15) is 0 Å². The molecule has 0 aliphatic carbocycles. The normalized spacial score (nSPS) is 10.1. The Hall–Kier alpha value is -3.59. The Balaban J connectivity index is 0.00000145. The molecule has 3 rings (SSSR count). The van der Waals surface area contributed by atoms with Crippen LogP contribution in [0.2, 0.25) is 0 Å². The van der Waals surface area contributed by atoms with Gasteiger partial charge in [0.25, 0.3) is 5.56 Å². The van der Waals surface area contributed by atoms with Crippen molar-refractivity contribution in [2.45, 2.75) is 40.0 Å². The molecule has 6 nitrogen and oxygen atoms in total. The SMILES string of the molecule is C#C.Cc1cc(OCc2ncccn2)cc(=O)n1Cc1ccc(OC(C)C)cc1. The molecule has 0 spiro atoms. The molecule has 0 amide bonds. The summed E-state index contributed by atoms with van der Waals surface area (Å²) >= 11 is 0. The summed E-state index contributed by atoms with van der Waals surface area (Å²) in [5.74, 6) is 1.91. The van der Waals surface area contributed by atoms with Crippen molar-refractivity contribution in [1.29, 1.82) is 0 Å². The zero-order chi connectivity index (χ0) is 21.2. The number of ether oxygens (including phenoxy) is 2. The smallest absolute Gasteiger partial charge is 0.254 e. The van der Waals surface area contributed by atoms with Crippen molar-refractivity contribution in [2.75, 3.05) is 0 Å². The second-order valence-corrected chi connectivity index (χ2v) is 6.52. The number of nitrogens with zero attached hydrogens (tertiary/aromatic N) is 3. The molecule has 0 fully saturated rings. The maximum atomic E-state index is 12.5. The highest BCUT2D eigenvalue weighted by Crippen LogP contribution is 2.16. The van der Waals surface area contributed by atoms with Crippen molar-refractivity contribution < 1.29 is 9.47 Å². The summed E-state index contributed by atoms with van der Waals surface area (Å²) in [5.41, 5.74) is 1.75. The molecular formula is C23H25N3O3. The highest BCUT2D eigenvalue weighted by atomic mass is 16.5. The van der Waals surface area contributed by atoms with E-state index in [1.807, 2.05) is 51.1 Å². The van der Waals surface area contributed by atoms with E-state index in [1.54, 1.807) is 23.0 Å². The Morgan fingerprint density at radius 3 is 2.28 bits per heavy atom. The number of hydrogen-bond donors (Lipinski definition) is 0. The van der Waals surface area contributed by atoms with Crippen LogP contribution in [0.25, 0.3) is 0 Å². The summed E-state index contributed by atoms with van der Waals surface area (Å²) in [6.45, 7) is 6.59. The molecule has 3 aromatic rings. The first-order chi connectivity index (χ1) is 14.0. The Kier molecular flexibility index (Phi) is 7.99. The maximum absolute atomic E-state index is 12.5. The summed E-state index contributed by atoms with van der Waals surface area (Å²) in [6.07, 6.45) is 11.5. The van der Waals surface area contributed by atoms with Crippen LogP contribution >= 0.6 is 0 Å². The minimum absolute atomic E-state index is 0.110. The third kappa shape index (κ3) is 6.51. The molecule has 29 heavy (non-hydrogen) atoms. The first-order valence-electron chi connectivity index (χ1n) is 9.20. The van der Waals surface area contributed by atoms with E-state index in [1.165, 1.54) is 6.07 Å². The first-order valence-corrected chi connectivity index (χ1v) is 9.20. The van der Waals surface area contributed by atoms with Gasteiger partial charge in [0.15, 0.2) is 5.82 Å². The number of aromatic nitrogens is 3.